The molecule has 120 valence electrons. The van der Waals surface area contributed by atoms with Gasteiger partial charge in [-0.1, -0.05) is 0 Å². The van der Waals surface area contributed by atoms with Gasteiger partial charge in [0.1, 0.15) is 17.0 Å². The van der Waals surface area contributed by atoms with E-state index in [0.29, 0.717) is 0 Å². The largest absolute Gasteiger partial charge is 0.353 e. The van der Waals surface area contributed by atoms with Crippen molar-refractivity contribution in [1.29, 1.82) is 0 Å². The number of piperazine rings is 1. The monoisotopic (exact) mass is 339 g/mol. The molecule has 0 spiro atoms. The fourth-order valence-corrected chi connectivity index (χ4v) is 4.74. The number of fused-ring (bicyclic) bond motifs is 3. The normalized spacial score (nSPS) is 18.5. The summed E-state index contributed by atoms with van der Waals surface area (Å²) in [6.45, 7) is 5.98. The van der Waals surface area contributed by atoms with E-state index in [9.17, 15) is 0 Å². The van der Waals surface area contributed by atoms with Crippen molar-refractivity contribution >= 4 is 39.8 Å². The predicted molar refractivity (Wildman–Crippen MR) is 94.4 cm³/mol. The van der Waals surface area contributed by atoms with Gasteiger partial charge in [0.15, 0.2) is 0 Å². The molecular weight excluding hydrogens is 318 g/mol. The molecule has 0 unspecified atom stereocenters. The molecule has 7 heteroatoms. The van der Waals surface area contributed by atoms with Crippen LogP contribution < -0.4 is 10.6 Å². The number of rotatable bonds is 3. The van der Waals surface area contributed by atoms with Gasteiger partial charge in [0.2, 0.25) is 0 Å². The number of anilines is 1. The molecule has 0 amide bonds. The van der Waals surface area contributed by atoms with Crippen molar-refractivity contribution in [3.05, 3.63) is 16.8 Å². The van der Waals surface area contributed by atoms with Crippen LogP contribution in [0.2, 0.25) is 0 Å². The van der Waals surface area contributed by atoms with Gasteiger partial charge >= 0.3 is 0 Å². The Labute approximate surface area is 140 Å². The van der Waals surface area contributed by atoms with Crippen LogP contribution in [0.4, 0.5) is 5.82 Å². The molecule has 4 rings (SSSR count). The summed E-state index contributed by atoms with van der Waals surface area (Å²) in [4.78, 5) is 16.7. The maximum Gasteiger partial charge on any atom is 0.141 e. The topological polar surface area (TPSA) is 58.3 Å². The first-order valence-electron chi connectivity index (χ1n) is 7.79. The molecule has 0 radical (unpaired) electrons. The van der Waals surface area contributed by atoms with Crippen molar-refractivity contribution in [1.82, 2.24) is 14.9 Å². The van der Waals surface area contributed by atoms with E-state index in [1.54, 1.807) is 6.33 Å². The van der Waals surface area contributed by atoms with E-state index in [1.807, 2.05) is 11.3 Å². The standard InChI is InChI=1S/C15H21N5S.ClH/c16-4-5-19-6-8-20(9-7-19)14-13-11-2-1-3-12(11)21-15(13)18-10-17-14;/h10H,1-9,16H2;1H. The number of halogens is 1. The molecule has 1 aliphatic carbocycles. The Hall–Kier alpha value is -0.950. The second-order valence-corrected chi connectivity index (χ2v) is 6.94. The highest BCUT2D eigenvalue weighted by atomic mass is 35.5. The molecule has 0 bridgehead atoms. The summed E-state index contributed by atoms with van der Waals surface area (Å²) in [5.74, 6) is 1.16. The van der Waals surface area contributed by atoms with Crippen molar-refractivity contribution in [2.75, 3.05) is 44.2 Å². The van der Waals surface area contributed by atoms with E-state index in [0.717, 1.165) is 45.1 Å². The molecular formula is C15H22ClN5S. The van der Waals surface area contributed by atoms with Crippen molar-refractivity contribution < 1.29 is 0 Å². The average molecular weight is 340 g/mol. The summed E-state index contributed by atoms with van der Waals surface area (Å²) in [7, 11) is 0. The smallest absolute Gasteiger partial charge is 0.141 e. The summed E-state index contributed by atoms with van der Waals surface area (Å²) in [5, 5.41) is 1.34. The van der Waals surface area contributed by atoms with Crippen LogP contribution in [0, 0.1) is 0 Å². The summed E-state index contributed by atoms with van der Waals surface area (Å²) in [6.07, 6.45) is 5.44. The second-order valence-electron chi connectivity index (χ2n) is 5.85. The van der Waals surface area contributed by atoms with Crippen LogP contribution >= 0.6 is 23.7 Å². The highest BCUT2D eigenvalue weighted by molar-refractivity contribution is 7.19. The summed E-state index contributed by atoms with van der Waals surface area (Å²) in [6, 6.07) is 0. The highest BCUT2D eigenvalue weighted by Gasteiger charge is 2.25. The molecule has 5 nitrogen and oxygen atoms in total. The zero-order valence-corrected chi connectivity index (χ0v) is 14.3. The van der Waals surface area contributed by atoms with Gasteiger partial charge in [-0.3, -0.25) is 4.90 Å². The summed E-state index contributed by atoms with van der Waals surface area (Å²) in [5.41, 5.74) is 7.18. The Morgan fingerprint density at radius 3 is 2.73 bits per heavy atom. The Balaban J connectivity index is 0.00000144. The van der Waals surface area contributed by atoms with E-state index in [-0.39, 0.29) is 12.4 Å². The number of hydrogen-bond donors (Lipinski definition) is 1. The maximum absolute atomic E-state index is 5.65. The first-order valence-corrected chi connectivity index (χ1v) is 8.61. The fourth-order valence-electron chi connectivity index (χ4n) is 3.52. The van der Waals surface area contributed by atoms with Gasteiger partial charge in [-0.25, -0.2) is 9.97 Å². The average Bonchev–Trinajstić information content (AvgIpc) is 3.08. The van der Waals surface area contributed by atoms with Gasteiger partial charge in [0.05, 0.1) is 5.39 Å². The van der Waals surface area contributed by atoms with Gasteiger partial charge in [-0.15, -0.1) is 23.7 Å². The lowest BCUT2D eigenvalue weighted by atomic mass is 10.1. The quantitative estimate of drug-likeness (QED) is 0.922. The third kappa shape index (κ3) is 2.69. The minimum Gasteiger partial charge on any atom is -0.353 e. The molecule has 2 N–H and O–H groups in total. The minimum atomic E-state index is 0. The number of thiophene rings is 1. The van der Waals surface area contributed by atoms with Crippen LogP contribution in [0.25, 0.3) is 10.2 Å². The molecule has 2 aromatic rings. The zero-order valence-electron chi connectivity index (χ0n) is 12.6. The van der Waals surface area contributed by atoms with Crippen LogP contribution in [-0.4, -0.2) is 54.1 Å². The second kappa shape index (κ2) is 6.66. The van der Waals surface area contributed by atoms with Gasteiger partial charge in [-0.2, -0.15) is 0 Å². The van der Waals surface area contributed by atoms with Gasteiger partial charge in [-0.05, 0) is 24.8 Å². The number of aromatic nitrogens is 2. The summed E-state index contributed by atoms with van der Waals surface area (Å²) >= 11 is 1.87. The minimum absolute atomic E-state index is 0. The Kier molecular flexibility index (Phi) is 4.82. The number of nitrogens with two attached hydrogens (primary N) is 1. The van der Waals surface area contributed by atoms with Crippen LogP contribution in [0.3, 0.4) is 0 Å². The number of hydrogen-bond acceptors (Lipinski definition) is 6. The Bertz CT molecular complexity index is 651. The lowest BCUT2D eigenvalue weighted by molar-refractivity contribution is 0.264. The van der Waals surface area contributed by atoms with Gasteiger partial charge < -0.3 is 10.6 Å². The third-order valence-electron chi connectivity index (χ3n) is 4.60. The van der Waals surface area contributed by atoms with Crippen LogP contribution in [-0.2, 0) is 12.8 Å². The molecule has 0 atom stereocenters. The third-order valence-corrected chi connectivity index (χ3v) is 5.80. The molecule has 2 aliphatic rings. The van der Waals surface area contributed by atoms with E-state index in [4.69, 9.17) is 5.73 Å². The molecule has 22 heavy (non-hydrogen) atoms. The van der Waals surface area contributed by atoms with E-state index in [2.05, 4.69) is 19.8 Å². The zero-order chi connectivity index (χ0) is 14.2. The van der Waals surface area contributed by atoms with Crippen LogP contribution in [0.5, 0.6) is 0 Å². The maximum atomic E-state index is 5.65. The van der Waals surface area contributed by atoms with Crippen molar-refractivity contribution in [3.63, 3.8) is 0 Å². The lowest BCUT2D eigenvalue weighted by Gasteiger charge is -2.35. The first kappa shape index (κ1) is 15.9. The fraction of sp³-hybridized carbons (Fsp3) is 0.600. The lowest BCUT2D eigenvalue weighted by Crippen LogP contribution is -2.48. The Morgan fingerprint density at radius 1 is 1.14 bits per heavy atom. The molecule has 1 saturated heterocycles. The van der Waals surface area contributed by atoms with Gasteiger partial charge in [0.25, 0.3) is 0 Å². The van der Waals surface area contributed by atoms with E-state index in [1.165, 1.54) is 39.9 Å². The first-order chi connectivity index (χ1) is 10.4. The van der Waals surface area contributed by atoms with Crippen molar-refractivity contribution in [3.8, 4) is 0 Å². The number of aryl methyl sites for hydroxylation is 2. The number of nitrogens with zero attached hydrogens (tertiary/aromatic N) is 4. The SMILES string of the molecule is Cl.NCCN1CCN(c2ncnc3sc4c(c23)CCC4)CC1. The molecule has 2 aromatic heterocycles. The summed E-state index contributed by atoms with van der Waals surface area (Å²) < 4.78 is 0. The van der Waals surface area contributed by atoms with Crippen LogP contribution in [0.1, 0.15) is 16.9 Å². The highest BCUT2D eigenvalue weighted by Crippen LogP contribution is 2.40. The van der Waals surface area contributed by atoms with E-state index >= 15 is 0 Å². The van der Waals surface area contributed by atoms with E-state index < -0.39 is 0 Å². The molecule has 1 aliphatic heterocycles. The van der Waals surface area contributed by atoms with Crippen LogP contribution in [0.15, 0.2) is 6.33 Å². The Morgan fingerprint density at radius 2 is 1.95 bits per heavy atom. The molecule has 1 fully saturated rings. The van der Waals surface area contributed by atoms with Gasteiger partial charge in [0, 0.05) is 44.1 Å². The predicted octanol–water partition coefficient (Wildman–Crippen LogP) is 1.68. The molecule has 0 aromatic carbocycles. The molecule has 0 saturated carbocycles. The van der Waals surface area contributed by atoms with Crippen molar-refractivity contribution in [2.24, 2.45) is 5.73 Å². The van der Waals surface area contributed by atoms with Crippen molar-refractivity contribution in [2.45, 2.75) is 19.3 Å². The molecule has 3 heterocycles.